The van der Waals surface area contributed by atoms with Gasteiger partial charge in [-0.05, 0) is 30.5 Å². The Hall–Kier alpha value is -1.28. The van der Waals surface area contributed by atoms with Crippen LogP contribution in [0.4, 0.5) is 0 Å². The highest BCUT2D eigenvalue weighted by molar-refractivity contribution is 5.51. The molecule has 0 radical (unpaired) electrons. The van der Waals surface area contributed by atoms with Crippen LogP contribution in [-0.4, -0.2) is 19.3 Å². The molecule has 1 aliphatic rings. The van der Waals surface area contributed by atoms with E-state index < -0.39 is 0 Å². The van der Waals surface area contributed by atoms with Crippen molar-refractivity contribution in [2.75, 3.05) is 13.2 Å². The minimum absolute atomic E-state index is 0.317. The Bertz CT molecular complexity index is 394. The Morgan fingerprint density at radius 2 is 2.21 bits per heavy atom. The summed E-state index contributed by atoms with van der Waals surface area (Å²) in [5.74, 6) is 0.934. The highest BCUT2D eigenvalue weighted by Crippen LogP contribution is 2.17. The molecule has 2 rings (SSSR count). The van der Waals surface area contributed by atoms with Gasteiger partial charge >= 0.3 is 0 Å². The summed E-state index contributed by atoms with van der Waals surface area (Å²) >= 11 is 0. The van der Waals surface area contributed by atoms with Crippen LogP contribution in [0.25, 0.3) is 6.08 Å². The summed E-state index contributed by atoms with van der Waals surface area (Å²) in [5, 5.41) is 0. The maximum absolute atomic E-state index is 5.67. The summed E-state index contributed by atoms with van der Waals surface area (Å²) < 4.78 is 10.8. The fourth-order valence-electron chi connectivity index (χ4n) is 1.97. The third-order valence-corrected chi connectivity index (χ3v) is 3.23. The first-order chi connectivity index (χ1) is 9.38. The lowest BCUT2D eigenvalue weighted by Gasteiger charge is -2.04. The molecule has 19 heavy (non-hydrogen) atoms. The number of unbranched alkanes of at least 4 members (excludes halogenated alkanes) is 4. The zero-order valence-corrected chi connectivity index (χ0v) is 11.8. The lowest BCUT2D eigenvalue weighted by molar-refractivity contribution is 0.263. The average Bonchev–Trinajstić information content (AvgIpc) is 3.25. The first-order valence-corrected chi connectivity index (χ1v) is 7.39. The molecule has 0 N–H and O–H groups in total. The summed E-state index contributed by atoms with van der Waals surface area (Å²) in [7, 11) is 0. The van der Waals surface area contributed by atoms with Gasteiger partial charge in [-0.2, -0.15) is 0 Å². The molecule has 1 fully saturated rings. The average molecular weight is 260 g/mol. The van der Waals surface area contributed by atoms with Crippen molar-refractivity contribution in [3.8, 4) is 5.75 Å². The Balaban J connectivity index is 1.72. The molecule has 1 atom stereocenters. The van der Waals surface area contributed by atoms with Gasteiger partial charge in [0, 0.05) is 0 Å². The highest BCUT2D eigenvalue weighted by atomic mass is 16.6. The van der Waals surface area contributed by atoms with E-state index in [1.54, 1.807) is 0 Å². The quantitative estimate of drug-likeness (QED) is 0.483. The molecule has 2 heteroatoms. The van der Waals surface area contributed by atoms with Gasteiger partial charge in [0.2, 0.25) is 0 Å². The van der Waals surface area contributed by atoms with Crippen LogP contribution in [0.5, 0.6) is 5.75 Å². The molecule has 0 spiro atoms. The van der Waals surface area contributed by atoms with Crippen molar-refractivity contribution in [2.45, 2.75) is 45.1 Å². The third kappa shape index (κ3) is 5.93. The summed E-state index contributed by atoms with van der Waals surface area (Å²) in [6, 6.07) is 8.24. The molecule has 1 unspecified atom stereocenters. The molecule has 0 saturated carbocycles. The predicted octanol–water partition coefficient (Wildman–Crippen LogP) is 4.45. The smallest absolute Gasteiger partial charge is 0.120 e. The Morgan fingerprint density at radius 3 is 3.00 bits per heavy atom. The van der Waals surface area contributed by atoms with Gasteiger partial charge in [0.1, 0.15) is 18.5 Å². The summed E-state index contributed by atoms with van der Waals surface area (Å²) in [5.41, 5.74) is 1.21. The number of rotatable bonds is 9. The van der Waals surface area contributed by atoms with Gasteiger partial charge in [0.15, 0.2) is 0 Å². The molecular weight excluding hydrogens is 236 g/mol. The van der Waals surface area contributed by atoms with Crippen LogP contribution >= 0.6 is 0 Å². The zero-order valence-electron chi connectivity index (χ0n) is 11.8. The number of ether oxygens (including phenoxy) is 2. The summed E-state index contributed by atoms with van der Waals surface area (Å²) in [6.45, 7) is 3.76. The van der Waals surface area contributed by atoms with E-state index in [9.17, 15) is 0 Å². The topological polar surface area (TPSA) is 21.8 Å². The largest absolute Gasteiger partial charge is 0.491 e. The van der Waals surface area contributed by atoms with Gasteiger partial charge in [-0.3, -0.25) is 0 Å². The van der Waals surface area contributed by atoms with Crippen LogP contribution in [0.2, 0.25) is 0 Å². The first-order valence-electron chi connectivity index (χ1n) is 7.39. The Labute approximate surface area is 116 Å². The SMILES string of the molecule is CCCCCC/C=C/c1cccc(OCC2CO2)c1. The van der Waals surface area contributed by atoms with Gasteiger partial charge in [0.25, 0.3) is 0 Å². The predicted molar refractivity (Wildman–Crippen MR) is 79.5 cm³/mol. The molecule has 1 aromatic carbocycles. The Morgan fingerprint density at radius 1 is 1.32 bits per heavy atom. The van der Waals surface area contributed by atoms with Crippen LogP contribution in [0.1, 0.15) is 44.6 Å². The second-order valence-corrected chi connectivity index (χ2v) is 5.09. The van der Waals surface area contributed by atoms with E-state index in [-0.39, 0.29) is 0 Å². The van der Waals surface area contributed by atoms with Gasteiger partial charge in [-0.15, -0.1) is 0 Å². The van der Waals surface area contributed by atoms with Crippen molar-refractivity contribution in [1.29, 1.82) is 0 Å². The van der Waals surface area contributed by atoms with E-state index in [4.69, 9.17) is 9.47 Å². The summed E-state index contributed by atoms with van der Waals surface area (Å²) in [4.78, 5) is 0. The molecule has 0 aliphatic carbocycles. The molecule has 0 aromatic heterocycles. The second kappa shape index (κ2) is 8.00. The number of hydrogen-bond donors (Lipinski definition) is 0. The molecule has 1 saturated heterocycles. The third-order valence-electron chi connectivity index (χ3n) is 3.23. The maximum Gasteiger partial charge on any atom is 0.120 e. The van der Waals surface area contributed by atoms with Crippen molar-refractivity contribution < 1.29 is 9.47 Å². The normalized spacial score (nSPS) is 17.8. The molecule has 1 aromatic rings. The van der Waals surface area contributed by atoms with Crippen LogP contribution < -0.4 is 4.74 Å². The monoisotopic (exact) mass is 260 g/mol. The van der Waals surface area contributed by atoms with E-state index in [1.807, 2.05) is 12.1 Å². The van der Waals surface area contributed by atoms with E-state index in [0.29, 0.717) is 12.7 Å². The second-order valence-electron chi connectivity index (χ2n) is 5.09. The van der Waals surface area contributed by atoms with Gasteiger partial charge < -0.3 is 9.47 Å². The van der Waals surface area contributed by atoms with Crippen LogP contribution in [-0.2, 0) is 4.74 Å². The first kappa shape index (κ1) is 14.1. The summed E-state index contributed by atoms with van der Waals surface area (Å²) in [6.07, 6.45) is 11.2. The Kier molecular flexibility index (Phi) is 5.96. The van der Waals surface area contributed by atoms with Gasteiger partial charge in [-0.25, -0.2) is 0 Å². The highest BCUT2D eigenvalue weighted by Gasteiger charge is 2.22. The van der Waals surface area contributed by atoms with Crippen LogP contribution in [0, 0.1) is 0 Å². The van der Waals surface area contributed by atoms with E-state index in [0.717, 1.165) is 12.4 Å². The molecule has 1 heterocycles. The van der Waals surface area contributed by atoms with Crippen molar-refractivity contribution >= 4 is 6.08 Å². The minimum atomic E-state index is 0.317. The van der Waals surface area contributed by atoms with Crippen molar-refractivity contribution in [1.82, 2.24) is 0 Å². The van der Waals surface area contributed by atoms with E-state index >= 15 is 0 Å². The lowest BCUT2D eigenvalue weighted by atomic mass is 10.1. The lowest BCUT2D eigenvalue weighted by Crippen LogP contribution is -2.03. The molecule has 1 aliphatic heterocycles. The van der Waals surface area contributed by atoms with Crippen LogP contribution in [0.3, 0.4) is 0 Å². The fraction of sp³-hybridized carbons (Fsp3) is 0.529. The molecule has 2 nitrogen and oxygen atoms in total. The van der Waals surface area contributed by atoms with E-state index in [2.05, 4.69) is 31.2 Å². The zero-order chi connectivity index (χ0) is 13.3. The number of allylic oxidation sites excluding steroid dienone is 1. The van der Waals surface area contributed by atoms with Crippen molar-refractivity contribution in [3.63, 3.8) is 0 Å². The number of hydrogen-bond acceptors (Lipinski definition) is 2. The standard InChI is InChI=1S/C17H24O2/c1-2-3-4-5-6-7-9-15-10-8-11-16(12-15)18-13-17-14-19-17/h7-12,17H,2-6,13-14H2,1H3/b9-7+. The van der Waals surface area contributed by atoms with Gasteiger partial charge in [-0.1, -0.05) is 50.5 Å². The number of benzene rings is 1. The van der Waals surface area contributed by atoms with E-state index in [1.165, 1.54) is 37.7 Å². The van der Waals surface area contributed by atoms with Gasteiger partial charge in [0.05, 0.1) is 6.61 Å². The molecule has 104 valence electrons. The maximum atomic E-state index is 5.67. The fourth-order valence-corrected chi connectivity index (χ4v) is 1.97. The molecular formula is C17H24O2. The number of epoxide rings is 1. The van der Waals surface area contributed by atoms with Crippen molar-refractivity contribution in [3.05, 3.63) is 35.9 Å². The van der Waals surface area contributed by atoms with Crippen LogP contribution in [0.15, 0.2) is 30.3 Å². The molecule has 0 bridgehead atoms. The molecule has 0 amide bonds. The van der Waals surface area contributed by atoms with Crippen molar-refractivity contribution in [2.24, 2.45) is 0 Å². The minimum Gasteiger partial charge on any atom is -0.491 e.